The molecule has 1 aromatic heterocycles. The van der Waals surface area contributed by atoms with Gasteiger partial charge in [0.05, 0.1) is 11.1 Å². The number of esters is 1. The van der Waals surface area contributed by atoms with E-state index >= 15 is 0 Å². The predicted molar refractivity (Wildman–Crippen MR) is 103 cm³/mol. The number of hydrogen-bond donors (Lipinski definition) is 1. The van der Waals surface area contributed by atoms with E-state index in [1.54, 1.807) is 0 Å². The lowest BCUT2D eigenvalue weighted by Gasteiger charge is -2.20. The number of carbonyl (C=O) groups is 2. The summed E-state index contributed by atoms with van der Waals surface area (Å²) in [6.45, 7) is 9.46. The molecule has 1 aromatic carbocycles. The summed E-state index contributed by atoms with van der Waals surface area (Å²) in [7, 11) is 0. The van der Waals surface area contributed by atoms with E-state index in [2.05, 4.69) is 12.2 Å². The van der Waals surface area contributed by atoms with Crippen LogP contribution in [-0.4, -0.2) is 29.0 Å². The van der Waals surface area contributed by atoms with Crippen LogP contribution in [0.1, 0.15) is 62.7 Å². The van der Waals surface area contributed by atoms with Gasteiger partial charge in [-0.1, -0.05) is 38.5 Å². The van der Waals surface area contributed by atoms with Crippen LogP contribution in [0.3, 0.4) is 0 Å². The van der Waals surface area contributed by atoms with Gasteiger partial charge in [-0.15, -0.1) is 0 Å². The molecule has 0 saturated carbocycles. The van der Waals surface area contributed by atoms with Crippen LogP contribution in [0.5, 0.6) is 0 Å². The number of benzene rings is 1. The highest BCUT2D eigenvalue weighted by atomic mass is 16.5. The van der Waals surface area contributed by atoms with E-state index in [0.29, 0.717) is 12.0 Å². The molecule has 5 nitrogen and oxygen atoms in total. The molecular formula is C21H28N2O3. The number of aromatic nitrogens is 1. The second kappa shape index (κ2) is 8.30. The van der Waals surface area contributed by atoms with Crippen molar-refractivity contribution in [1.29, 1.82) is 0 Å². The molecule has 1 N–H and O–H groups in total. The Hall–Kier alpha value is -2.43. The van der Waals surface area contributed by atoms with Crippen molar-refractivity contribution in [2.24, 2.45) is 0 Å². The lowest BCUT2D eigenvalue weighted by molar-refractivity contribution is -0.125. The van der Waals surface area contributed by atoms with Crippen LogP contribution < -0.4 is 5.32 Å². The molecule has 26 heavy (non-hydrogen) atoms. The van der Waals surface area contributed by atoms with Gasteiger partial charge >= 0.3 is 5.97 Å². The van der Waals surface area contributed by atoms with Crippen molar-refractivity contribution >= 4 is 22.8 Å². The van der Waals surface area contributed by atoms with Crippen LogP contribution in [0, 0.1) is 0 Å². The molecule has 0 radical (unpaired) electrons. The molecule has 0 spiro atoms. The van der Waals surface area contributed by atoms with Crippen LogP contribution in [0.15, 0.2) is 24.3 Å². The van der Waals surface area contributed by atoms with E-state index < -0.39 is 5.97 Å². The number of aryl methyl sites for hydroxylation is 1. The average molecular weight is 356 g/mol. The van der Waals surface area contributed by atoms with E-state index in [1.807, 2.05) is 52.0 Å². The van der Waals surface area contributed by atoms with Gasteiger partial charge in [0.25, 0.3) is 5.91 Å². The summed E-state index contributed by atoms with van der Waals surface area (Å²) in [4.78, 5) is 29.6. The highest BCUT2D eigenvalue weighted by molar-refractivity contribution is 6.05. The van der Waals surface area contributed by atoms with Crippen molar-refractivity contribution in [1.82, 2.24) is 10.3 Å². The molecule has 0 aliphatic carbocycles. The normalized spacial score (nSPS) is 11.4. The molecular weight excluding hydrogens is 328 g/mol. The van der Waals surface area contributed by atoms with Crippen molar-refractivity contribution < 1.29 is 14.3 Å². The fourth-order valence-corrected chi connectivity index (χ4v) is 3.02. The number of ether oxygens (including phenoxy) is 1. The third-order valence-electron chi connectivity index (χ3n) is 3.97. The van der Waals surface area contributed by atoms with Crippen LogP contribution in [0.25, 0.3) is 10.9 Å². The number of carbonyl (C=O) groups excluding carboxylic acids is 2. The maximum absolute atomic E-state index is 12.8. The molecule has 0 bridgehead atoms. The monoisotopic (exact) mass is 356 g/mol. The first-order valence-electron chi connectivity index (χ1n) is 9.15. The lowest BCUT2D eigenvalue weighted by atomic mass is 9.96. The van der Waals surface area contributed by atoms with Gasteiger partial charge < -0.3 is 10.1 Å². The summed E-state index contributed by atoms with van der Waals surface area (Å²) >= 11 is 0. The fraction of sp³-hybridized carbons (Fsp3) is 0.476. The first-order valence-corrected chi connectivity index (χ1v) is 9.15. The summed E-state index contributed by atoms with van der Waals surface area (Å²) in [5.74, 6) is -0.780. The molecule has 0 aliphatic heterocycles. The van der Waals surface area contributed by atoms with Crippen LogP contribution >= 0.6 is 0 Å². The van der Waals surface area contributed by atoms with Gasteiger partial charge in [0.2, 0.25) is 0 Å². The minimum absolute atomic E-state index is 0.293. The topological polar surface area (TPSA) is 68.3 Å². The van der Waals surface area contributed by atoms with Crippen molar-refractivity contribution in [2.75, 3.05) is 6.61 Å². The molecule has 0 unspecified atom stereocenters. The quantitative estimate of drug-likeness (QED) is 0.799. The van der Waals surface area contributed by atoms with Crippen molar-refractivity contribution in [3.05, 3.63) is 41.1 Å². The largest absolute Gasteiger partial charge is 0.452 e. The molecule has 0 aliphatic rings. The minimum Gasteiger partial charge on any atom is -0.452 e. The van der Waals surface area contributed by atoms with Gasteiger partial charge in [-0.3, -0.25) is 9.78 Å². The first kappa shape index (κ1) is 19.9. The Kier molecular flexibility index (Phi) is 6.35. The predicted octanol–water partition coefficient (Wildman–Crippen LogP) is 3.82. The van der Waals surface area contributed by atoms with Crippen LogP contribution in [-0.2, 0) is 22.4 Å². The Morgan fingerprint density at radius 1 is 1.15 bits per heavy atom. The smallest absolute Gasteiger partial charge is 0.339 e. The Morgan fingerprint density at radius 2 is 1.85 bits per heavy atom. The number of rotatable bonds is 6. The Morgan fingerprint density at radius 3 is 2.46 bits per heavy atom. The summed E-state index contributed by atoms with van der Waals surface area (Å²) in [5.41, 5.74) is 2.78. The number of amides is 1. The zero-order valence-corrected chi connectivity index (χ0v) is 16.3. The van der Waals surface area contributed by atoms with Gasteiger partial charge in [-0.2, -0.15) is 0 Å². The first-order chi connectivity index (χ1) is 12.3. The maximum atomic E-state index is 12.8. The van der Waals surface area contributed by atoms with Gasteiger partial charge in [0, 0.05) is 16.6 Å². The Balaban J connectivity index is 2.37. The standard InChI is InChI=1S/C21H28N2O3/c1-6-10-16-14(7-2)19(15-11-8-9-12-17(15)22-16)20(25)26-13-18(24)23-21(3,4)5/h8-9,11-12H,6-7,10,13H2,1-5H3,(H,23,24). The molecule has 5 heteroatoms. The van der Waals surface area contributed by atoms with E-state index in [9.17, 15) is 9.59 Å². The maximum Gasteiger partial charge on any atom is 0.339 e. The highest BCUT2D eigenvalue weighted by Gasteiger charge is 2.22. The third-order valence-corrected chi connectivity index (χ3v) is 3.97. The van der Waals surface area contributed by atoms with Crippen molar-refractivity contribution in [2.45, 2.75) is 59.4 Å². The second-order valence-electron chi connectivity index (χ2n) is 7.41. The van der Waals surface area contributed by atoms with Crippen LogP contribution in [0.2, 0.25) is 0 Å². The number of para-hydroxylation sites is 1. The molecule has 0 fully saturated rings. The molecule has 2 rings (SSSR count). The van der Waals surface area contributed by atoms with E-state index in [4.69, 9.17) is 9.72 Å². The minimum atomic E-state index is -0.470. The molecule has 1 heterocycles. The zero-order chi connectivity index (χ0) is 19.3. The molecule has 140 valence electrons. The number of nitrogens with zero attached hydrogens (tertiary/aromatic N) is 1. The van der Waals surface area contributed by atoms with Crippen molar-refractivity contribution in [3.8, 4) is 0 Å². The molecule has 1 amide bonds. The molecule has 0 atom stereocenters. The summed E-state index contributed by atoms with van der Waals surface area (Å²) in [6.07, 6.45) is 2.44. The second-order valence-corrected chi connectivity index (χ2v) is 7.41. The van der Waals surface area contributed by atoms with Gasteiger partial charge in [0.15, 0.2) is 6.61 Å². The van der Waals surface area contributed by atoms with Gasteiger partial charge in [-0.05, 0) is 45.2 Å². The number of pyridine rings is 1. The number of hydrogen-bond acceptors (Lipinski definition) is 4. The number of fused-ring (bicyclic) bond motifs is 1. The van der Waals surface area contributed by atoms with Gasteiger partial charge in [0.1, 0.15) is 0 Å². The van der Waals surface area contributed by atoms with Gasteiger partial charge in [-0.25, -0.2) is 4.79 Å². The number of nitrogens with one attached hydrogen (secondary N) is 1. The molecule has 0 saturated heterocycles. The fourth-order valence-electron chi connectivity index (χ4n) is 3.02. The average Bonchev–Trinajstić information content (AvgIpc) is 2.57. The summed E-state index contributed by atoms with van der Waals surface area (Å²) in [5, 5.41) is 3.56. The Bertz CT molecular complexity index is 807. The highest BCUT2D eigenvalue weighted by Crippen LogP contribution is 2.26. The third kappa shape index (κ3) is 4.81. The zero-order valence-electron chi connectivity index (χ0n) is 16.3. The summed E-state index contributed by atoms with van der Waals surface area (Å²) < 4.78 is 5.34. The summed E-state index contributed by atoms with van der Waals surface area (Å²) in [6, 6.07) is 7.56. The Labute approximate surface area is 155 Å². The van der Waals surface area contributed by atoms with E-state index in [0.717, 1.165) is 35.0 Å². The van der Waals surface area contributed by atoms with E-state index in [1.165, 1.54) is 0 Å². The molecule has 2 aromatic rings. The van der Waals surface area contributed by atoms with Crippen LogP contribution in [0.4, 0.5) is 0 Å². The SMILES string of the molecule is CCCc1nc2ccccc2c(C(=O)OCC(=O)NC(C)(C)C)c1CC. The lowest BCUT2D eigenvalue weighted by Crippen LogP contribution is -2.42. The van der Waals surface area contributed by atoms with E-state index in [-0.39, 0.29) is 18.1 Å². The van der Waals surface area contributed by atoms with Crippen molar-refractivity contribution in [3.63, 3.8) is 0 Å².